The molecular formula is C40H51BrN4O7. The summed E-state index contributed by atoms with van der Waals surface area (Å²) in [5.74, 6) is -3.64. The van der Waals surface area contributed by atoms with Gasteiger partial charge in [-0.1, -0.05) is 58.4 Å². The molecule has 0 aliphatic carbocycles. The Morgan fingerprint density at radius 1 is 1.08 bits per heavy atom. The molecule has 2 bridgehead atoms. The number of amides is 3. The van der Waals surface area contributed by atoms with E-state index in [1.165, 1.54) is 4.90 Å². The number of likely N-dealkylation sites (N-methyl/N-ethyl adjacent to an activating group) is 1. The number of aliphatic hydroxyl groups excluding tert-OH is 1. The van der Waals surface area contributed by atoms with Gasteiger partial charge in [-0.05, 0) is 63.4 Å². The second-order valence-corrected chi connectivity index (χ2v) is 14.9. The van der Waals surface area contributed by atoms with Crippen molar-refractivity contribution in [3.63, 3.8) is 0 Å². The summed E-state index contributed by atoms with van der Waals surface area (Å²) in [5.41, 5.74) is 0.994. The van der Waals surface area contributed by atoms with Gasteiger partial charge in [0.25, 0.3) is 5.91 Å². The molecule has 3 aliphatic heterocycles. The molecule has 5 rings (SSSR count). The monoisotopic (exact) mass is 778 g/mol. The van der Waals surface area contributed by atoms with Gasteiger partial charge < -0.3 is 34.2 Å². The van der Waals surface area contributed by atoms with Gasteiger partial charge in [0.1, 0.15) is 17.7 Å². The number of esters is 1. The Kier molecular flexibility index (Phi) is 12.6. The molecule has 2 aromatic carbocycles. The number of benzene rings is 2. The highest BCUT2D eigenvalue weighted by atomic mass is 79.9. The smallest absolute Gasteiger partial charge is 0.313 e. The topological polar surface area (TPSA) is 120 Å². The predicted molar refractivity (Wildman–Crippen MR) is 204 cm³/mol. The molecule has 11 nitrogen and oxygen atoms in total. The number of hydrogen-bond donors (Lipinski definition) is 1. The van der Waals surface area contributed by atoms with E-state index in [0.29, 0.717) is 24.1 Å². The van der Waals surface area contributed by atoms with Crippen LogP contribution in [0.15, 0.2) is 79.9 Å². The highest BCUT2D eigenvalue weighted by molar-refractivity contribution is 9.09. The van der Waals surface area contributed by atoms with Crippen LogP contribution in [0, 0.1) is 11.8 Å². The average molecular weight is 780 g/mol. The first-order chi connectivity index (χ1) is 25.0. The first kappa shape index (κ1) is 39.2. The van der Waals surface area contributed by atoms with E-state index in [2.05, 4.69) is 47.8 Å². The molecule has 12 heteroatoms. The van der Waals surface area contributed by atoms with Gasteiger partial charge in [0.15, 0.2) is 0 Å². The fourth-order valence-corrected chi connectivity index (χ4v) is 9.12. The SMILES string of the molecule is C=CCCC(=O)N(C)[C@@H](C)[C@@H](OC(=O)[C@H]1[C@@H]2O[C@@]3(CC2Br)[C@@H]1C(=O)N(CCO)[C@@H]3C(=O)N(CC=C)c1ccc(N(CC)CC)cc1)c1ccccc1. The lowest BCUT2D eigenvalue weighted by Gasteiger charge is -2.37. The van der Waals surface area contributed by atoms with Crippen LogP contribution in [0.5, 0.6) is 0 Å². The fraction of sp³-hybridized carbons (Fsp3) is 0.500. The van der Waals surface area contributed by atoms with Gasteiger partial charge in [-0.25, -0.2) is 0 Å². The van der Waals surface area contributed by atoms with Crippen molar-refractivity contribution in [1.82, 2.24) is 9.80 Å². The maximum absolute atomic E-state index is 14.8. The quantitative estimate of drug-likeness (QED) is 0.137. The Balaban J connectivity index is 1.49. The molecule has 3 aliphatic rings. The summed E-state index contributed by atoms with van der Waals surface area (Å²) in [6, 6.07) is 15.2. The van der Waals surface area contributed by atoms with Crippen LogP contribution in [0.25, 0.3) is 0 Å². The molecule has 3 fully saturated rings. The third-order valence-electron chi connectivity index (χ3n) is 10.9. The third-order valence-corrected chi connectivity index (χ3v) is 11.7. The zero-order valence-corrected chi connectivity index (χ0v) is 32.1. The van der Waals surface area contributed by atoms with E-state index >= 15 is 0 Å². The van der Waals surface area contributed by atoms with Crippen LogP contribution in [0.3, 0.4) is 0 Å². The van der Waals surface area contributed by atoms with Gasteiger partial charge in [-0.15, -0.1) is 13.2 Å². The summed E-state index contributed by atoms with van der Waals surface area (Å²) in [5, 5.41) is 10.1. The Hall–Kier alpha value is -4.00. The van der Waals surface area contributed by atoms with Crippen LogP contribution < -0.4 is 9.80 Å². The standard InChI is InChI=1S/C40H51BrN4O7/c1-7-11-17-31(47)42(6)26(5)34(27-15-13-12-14-16-27)51-39(50)32-33-37(48)45(23-24-46)36(40(33)25-30(41)35(32)52-40)38(49)44(22-8-2)29-20-18-28(19-21-29)43(9-3)10-4/h7-8,12-16,18-21,26,30,32-36,46H,1-2,9-11,17,22-25H2,3-6H3/t26-,30?,32+,33-,34+,35+,36+,40-/m0/s1. The van der Waals surface area contributed by atoms with Gasteiger partial charge in [0.2, 0.25) is 11.8 Å². The number of hydrogen-bond acceptors (Lipinski definition) is 8. The highest BCUT2D eigenvalue weighted by Crippen LogP contribution is 2.60. The summed E-state index contributed by atoms with van der Waals surface area (Å²) in [7, 11) is 1.68. The Bertz CT molecular complexity index is 1620. The minimum absolute atomic E-state index is 0.111. The number of anilines is 2. The van der Waals surface area contributed by atoms with Gasteiger partial charge in [0, 0.05) is 55.8 Å². The third kappa shape index (κ3) is 7.17. The van der Waals surface area contributed by atoms with Gasteiger partial charge in [-0.3, -0.25) is 19.2 Å². The number of β-amino-alcohol motifs (C(OH)–C–C–N with tert-alkyl or cyclic N) is 1. The van der Waals surface area contributed by atoms with E-state index in [9.17, 15) is 24.3 Å². The van der Waals surface area contributed by atoms with Gasteiger partial charge >= 0.3 is 5.97 Å². The van der Waals surface area contributed by atoms with Crippen molar-refractivity contribution in [3.05, 3.63) is 85.5 Å². The molecule has 3 amide bonds. The number of rotatable bonds is 17. The molecule has 8 atom stereocenters. The fourth-order valence-electron chi connectivity index (χ4n) is 8.18. The van der Waals surface area contributed by atoms with E-state index in [1.807, 2.05) is 61.5 Å². The molecule has 1 spiro atoms. The van der Waals surface area contributed by atoms with E-state index in [-0.39, 0.29) is 42.8 Å². The molecule has 1 N–H and O–H groups in total. The van der Waals surface area contributed by atoms with E-state index in [4.69, 9.17) is 9.47 Å². The first-order valence-electron chi connectivity index (χ1n) is 18.1. The number of fused-ring (bicyclic) bond motifs is 1. The summed E-state index contributed by atoms with van der Waals surface area (Å²) < 4.78 is 13.0. The Morgan fingerprint density at radius 2 is 1.73 bits per heavy atom. The lowest BCUT2D eigenvalue weighted by molar-refractivity contribution is -0.164. The largest absolute Gasteiger partial charge is 0.455 e. The minimum Gasteiger partial charge on any atom is -0.455 e. The van der Waals surface area contributed by atoms with Crippen molar-refractivity contribution >= 4 is 51.0 Å². The molecule has 0 aromatic heterocycles. The molecule has 52 heavy (non-hydrogen) atoms. The zero-order valence-electron chi connectivity index (χ0n) is 30.5. The summed E-state index contributed by atoms with van der Waals surface area (Å²) >= 11 is 3.73. The molecule has 0 radical (unpaired) electrons. The lowest BCUT2D eigenvalue weighted by Crippen LogP contribution is -2.57. The number of allylic oxidation sites excluding steroid dienone is 1. The van der Waals surface area contributed by atoms with Gasteiger partial charge in [0.05, 0.1) is 30.6 Å². The van der Waals surface area contributed by atoms with Crippen molar-refractivity contribution in [3.8, 4) is 0 Å². The van der Waals surface area contributed by atoms with Crippen molar-refractivity contribution in [2.45, 2.75) is 74.8 Å². The number of likely N-dealkylation sites (tertiary alicyclic amines) is 1. The van der Waals surface area contributed by atoms with Crippen LogP contribution in [0.1, 0.15) is 51.7 Å². The number of nitrogens with zero attached hydrogens (tertiary/aromatic N) is 4. The normalized spacial score (nSPS) is 25.6. The molecule has 2 aromatic rings. The highest BCUT2D eigenvalue weighted by Gasteiger charge is 2.77. The van der Waals surface area contributed by atoms with Crippen LogP contribution in [-0.4, -0.2) is 107 Å². The van der Waals surface area contributed by atoms with E-state index < -0.39 is 53.6 Å². The first-order valence-corrected chi connectivity index (χ1v) is 19.0. The second kappa shape index (κ2) is 16.8. The van der Waals surface area contributed by atoms with Crippen LogP contribution in [-0.2, 0) is 28.7 Å². The predicted octanol–water partition coefficient (Wildman–Crippen LogP) is 4.89. The Labute approximate surface area is 315 Å². The Morgan fingerprint density at radius 3 is 2.33 bits per heavy atom. The van der Waals surface area contributed by atoms with Crippen molar-refractivity contribution < 1.29 is 33.8 Å². The number of aliphatic hydroxyl groups is 1. The van der Waals surface area contributed by atoms with Crippen LogP contribution >= 0.6 is 15.9 Å². The molecular weight excluding hydrogens is 728 g/mol. The molecule has 0 saturated carbocycles. The maximum atomic E-state index is 14.8. The van der Waals surface area contributed by atoms with E-state index in [1.54, 1.807) is 29.0 Å². The van der Waals surface area contributed by atoms with Crippen LogP contribution in [0.2, 0.25) is 0 Å². The van der Waals surface area contributed by atoms with Crippen molar-refractivity contribution in [2.75, 3.05) is 49.6 Å². The molecule has 1 unspecified atom stereocenters. The lowest BCUT2D eigenvalue weighted by atomic mass is 9.70. The average Bonchev–Trinajstić information content (AvgIpc) is 3.75. The minimum atomic E-state index is -1.35. The zero-order chi connectivity index (χ0) is 37.7. The summed E-state index contributed by atoms with van der Waals surface area (Å²) in [6.45, 7) is 14.9. The number of alkyl halides is 1. The van der Waals surface area contributed by atoms with Crippen molar-refractivity contribution in [1.29, 1.82) is 0 Å². The molecule has 3 heterocycles. The molecule has 3 saturated heterocycles. The maximum Gasteiger partial charge on any atom is 0.313 e. The van der Waals surface area contributed by atoms with Crippen LogP contribution in [0.4, 0.5) is 11.4 Å². The summed E-state index contributed by atoms with van der Waals surface area (Å²) in [4.78, 5) is 63.1. The van der Waals surface area contributed by atoms with Crippen molar-refractivity contribution in [2.24, 2.45) is 11.8 Å². The number of halogens is 1. The van der Waals surface area contributed by atoms with Gasteiger partial charge in [-0.2, -0.15) is 0 Å². The number of carbonyl (C=O) groups excluding carboxylic acids is 4. The van der Waals surface area contributed by atoms with E-state index in [0.717, 1.165) is 18.8 Å². The number of ether oxygens (including phenoxy) is 2. The molecule has 280 valence electrons. The number of carbonyl (C=O) groups is 4. The summed E-state index contributed by atoms with van der Waals surface area (Å²) in [6.07, 6.45) is 2.81. The second-order valence-electron chi connectivity index (χ2n) is 13.7.